The third-order valence-corrected chi connectivity index (χ3v) is 5.16. The average molecular weight is 331 g/mol. The molecule has 0 fully saturated rings. The normalized spacial score (nSPS) is 17.0. The zero-order chi connectivity index (χ0) is 16.6. The number of benzene rings is 1. The van der Waals surface area contributed by atoms with E-state index in [1.54, 1.807) is 4.68 Å². The molecule has 5 nitrogen and oxygen atoms in total. The van der Waals surface area contributed by atoms with Crippen molar-refractivity contribution in [3.8, 4) is 5.75 Å². The van der Waals surface area contributed by atoms with Crippen molar-refractivity contribution in [3.63, 3.8) is 0 Å². The highest BCUT2D eigenvalue weighted by Gasteiger charge is 2.27. The molecule has 0 unspecified atom stereocenters. The van der Waals surface area contributed by atoms with Crippen molar-refractivity contribution in [1.29, 1.82) is 0 Å². The summed E-state index contributed by atoms with van der Waals surface area (Å²) >= 11 is 1.81. The van der Waals surface area contributed by atoms with Crippen LogP contribution in [0.5, 0.6) is 5.75 Å². The van der Waals surface area contributed by atoms with Gasteiger partial charge < -0.3 is 9.64 Å². The molecule has 0 spiro atoms. The summed E-state index contributed by atoms with van der Waals surface area (Å²) in [6, 6.07) is 8.02. The molecule has 2 aromatic rings. The first-order valence-electron chi connectivity index (χ1n) is 7.66. The van der Waals surface area contributed by atoms with Gasteiger partial charge >= 0.3 is 0 Å². The Morgan fingerprint density at radius 1 is 1.39 bits per heavy atom. The standard InChI is InChI=1S/C17H21N3O2S/c1-11-9-20(14-7-5-6-8-15(14)23-11)16(21)10-22-17-12(2)18-19(4)13(17)3/h5-8,11H,9-10H2,1-4H3/t11-/m0/s1. The average Bonchev–Trinajstić information content (AvgIpc) is 2.77. The minimum atomic E-state index is -0.0211. The summed E-state index contributed by atoms with van der Waals surface area (Å²) in [5.41, 5.74) is 2.71. The van der Waals surface area contributed by atoms with Crippen molar-refractivity contribution in [1.82, 2.24) is 9.78 Å². The third kappa shape index (κ3) is 3.08. The second-order valence-electron chi connectivity index (χ2n) is 5.81. The maximum absolute atomic E-state index is 12.7. The first-order valence-corrected chi connectivity index (χ1v) is 8.54. The Kier molecular flexibility index (Phi) is 4.35. The quantitative estimate of drug-likeness (QED) is 0.867. The van der Waals surface area contributed by atoms with E-state index in [1.807, 2.05) is 55.8 Å². The molecule has 1 aromatic carbocycles. The Labute approximate surface area is 140 Å². The number of thioether (sulfide) groups is 1. The largest absolute Gasteiger partial charge is 0.480 e. The second-order valence-corrected chi connectivity index (χ2v) is 7.29. The van der Waals surface area contributed by atoms with Gasteiger partial charge in [-0.05, 0) is 26.0 Å². The van der Waals surface area contributed by atoms with Gasteiger partial charge in [0, 0.05) is 23.7 Å². The number of anilines is 1. The number of aromatic nitrogens is 2. The number of carbonyl (C=O) groups is 1. The van der Waals surface area contributed by atoms with Crippen LogP contribution in [0.15, 0.2) is 29.2 Å². The van der Waals surface area contributed by atoms with Crippen LogP contribution in [0.2, 0.25) is 0 Å². The lowest BCUT2D eigenvalue weighted by Crippen LogP contribution is -2.41. The first-order chi connectivity index (χ1) is 11.0. The lowest BCUT2D eigenvalue weighted by molar-refractivity contribution is -0.120. The Morgan fingerprint density at radius 2 is 2.13 bits per heavy atom. The number of nitrogens with zero attached hydrogens (tertiary/aromatic N) is 3. The third-order valence-electron chi connectivity index (χ3n) is 4.01. The van der Waals surface area contributed by atoms with Crippen molar-refractivity contribution in [2.45, 2.75) is 30.9 Å². The van der Waals surface area contributed by atoms with Crippen molar-refractivity contribution in [2.75, 3.05) is 18.1 Å². The molecule has 122 valence electrons. The molecular weight excluding hydrogens is 310 g/mol. The maximum atomic E-state index is 12.7. The number of carbonyl (C=O) groups excluding carboxylic acids is 1. The van der Waals surface area contributed by atoms with Crippen LogP contribution in [0.4, 0.5) is 5.69 Å². The van der Waals surface area contributed by atoms with Crippen molar-refractivity contribution in [2.24, 2.45) is 7.05 Å². The van der Waals surface area contributed by atoms with E-state index in [2.05, 4.69) is 18.1 Å². The van der Waals surface area contributed by atoms with Gasteiger partial charge in [-0.1, -0.05) is 19.1 Å². The molecule has 0 bridgehead atoms. The van der Waals surface area contributed by atoms with E-state index in [9.17, 15) is 4.79 Å². The van der Waals surface area contributed by atoms with Crippen molar-refractivity contribution in [3.05, 3.63) is 35.7 Å². The molecule has 0 N–H and O–H groups in total. The van der Waals surface area contributed by atoms with E-state index in [-0.39, 0.29) is 12.5 Å². The fourth-order valence-electron chi connectivity index (χ4n) is 2.80. The Balaban J connectivity index is 1.76. The van der Waals surface area contributed by atoms with E-state index in [0.29, 0.717) is 17.5 Å². The Hall–Kier alpha value is -1.95. The zero-order valence-corrected chi connectivity index (χ0v) is 14.7. The molecule has 1 atom stereocenters. The lowest BCUT2D eigenvalue weighted by Gasteiger charge is -2.32. The molecule has 0 radical (unpaired) electrons. The van der Waals surface area contributed by atoms with E-state index >= 15 is 0 Å². The minimum absolute atomic E-state index is 0.0211. The van der Waals surface area contributed by atoms with Crippen molar-refractivity contribution < 1.29 is 9.53 Å². The van der Waals surface area contributed by atoms with E-state index in [4.69, 9.17) is 4.74 Å². The molecule has 23 heavy (non-hydrogen) atoms. The SMILES string of the molecule is Cc1nn(C)c(C)c1OCC(=O)N1C[C@H](C)Sc2ccccc21. The molecule has 3 rings (SSSR count). The van der Waals surface area contributed by atoms with Crippen LogP contribution in [0.3, 0.4) is 0 Å². The smallest absolute Gasteiger partial charge is 0.264 e. The zero-order valence-electron chi connectivity index (χ0n) is 13.9. The van der Waals surface area contributed by atoms with Crippen LogP contribution in [-0.2, 0) is 11.8 Å². The van der Waals surface area contributed by atoms with Gasteiger partial charge in [-0.2, -0.15) is 5.10 Å². The van der Waals surface area contributed by atoms with E-state index in [1.165, 1.54) is 0 Å². The summed E-state index contributed by atoms with van der Waals surface area (Å²) < 4.78 is 7.54. The summed E-state index contributed by atoms with van der Waals surface area (Å²) in [5, 5.41) is 4.68. The number of hydrogen-bond acceptors (Lipinski definition) is 4. The summed E-state index contributed by atoms with van der Waals surface area (Å²) in [6.07, 6.45) is 0. The highest BCUT2D eigenvalue weighted by atomic mass is 32.2. The summed E-state index contributed by atoms with van der Waals surface area (Å²) in [5.74, 6) is 0.681. The van der Waals surface area contributed by atoms with Crippen LogP contribution in [0, 0.1) is 13.8 Å². The fourth-order valence-corrected chi connectivity index (χ4v) is 3.91. The Bertz CT molecular complexity index is 741. The molecular formula is C17H21N3O2S. The molecule has 1 aliphatic heterocycles. The van der Waals surface area contributed by atoms with Gasteiger partial charge in [0.25, 0.3) is 5.91 Å². The fraction of sp³-hybridized carbons (Fsp3) is 0.412. The topological polar surface area (TPSA) is 47.4 Å². The van der Waals surface area contributed by atoms with Gasteiger partial charge in [-0.25, -0.2) is 0 Å². The van der Waals surface area contributed by atoms with Crippen molar-refractivity contribution >= 4 is 23.4 Å². The maximum Gasteiger partial charge on any atom is 0.264 e. The van der Waals surface area contributed by atoms with Gasteiger partial charge in [0.15, 0.2) is 12.4 Å². The molecule has 2 heterocycles. The molecule has 0 saturated carbocycles. The molecule has 1 amide bonds. The summed E-state index contributed by atoms with van der Waals surface area (Å²) in [6.45, 7) is 6.70. The first kappa shape index (κ1) is 15.9. The Morgan fingerprint density at radius 3 is 2.83 bits per heavy atom. The minimum Gasteiger partial charge on any atom is -0.480 e. The van der Waals surface area contributed by atoms with Crippen LogP contribution in [0.25, 0.3) is 0 Å². The van der Waals surface area contributed by atoms with Gasteiger partial charge in [0.1, 0.15) is 5.69 Å². The number of amides is 1. The summed E-state index contributed by atoms with van der Waals surface area (Å²) in [7, 11) is 1.87. The number of hydrogen-bond donors (Lipinski definition) is 0. The molecule has 0 saturated heterocycles. The second kappa shape index (κ2) is 6.28. The van der Waals surface area contributed by atoms with Crippen LogP contribution < -0.4 is 9.64 Å². The van der Waals surface area contributed by atoms with Gasteiger partial charge in [-0.3, -0.25) is 9.48 Å². The van der Waals surface area contributed by atoms with E-state index < -0.39 is 0 Å². The van der Waals surface area contributed by atoms with Gasteiger partial charge in [-0.15, -0.1) is 11.8 Å². The van der Waals surface area contributed by atoms with Crippen LogP contribution >= 0.6 is 11.8 Å². The van der Waals surface area contributed by atoms with Crippen LogP contribution in [-0.4, -0.2) is 34.1 Å². The highest BCUT2D eigenvalue weighted by molar-refractivity contribution is 8.00. The summed E-state index contributed by atoms with van der Waals surface area (Å²) in [4.78, 5) is 15.7. The number of rotatable bonds is 3. The molecule has 0 aliphatic carbocycles. The predicted molar refractivity (Wildman–Crippen MR) is 92.3 cm³/mol. The number of aryl methyl sites for hydroxylation is 2. The van der Waals surface area contributed by atoms with E-state index in [0.717, 1.165) is 22.0 Å². The number of ether oxygens (including phenoxy) is 1. The highest BCUT2D eigenvalue weighted by Crippen LogP contribution is 2.38. The predicted octanol–water partition coefficient (Wildman–Crippen LogP) is 2.94. The van der Waals surface area contributed by atoms with Gasteiger partial charge in [0.05, 0.1) is 11.4 Å². The lowest BCUT2D eigenvalue weighted by atomic mass is 10.2. The molecule has 6 heteroatoms. The number of para-hydroxylation sites is 1. The molecule has 1 aliphatic rings. The molecule has 1 aromatic heterocycles. The van der Waals surface area contributed by atoms with Crippen LogP contribution in [0.1, 0.15) is 18.3 Å². The van der Waals surface area contributed by atoms with Gasteiger partial charge in [0.2, 0.25) is 0 Å². The number of fused-ring (bicyclic) bond motifs is 1. The monoisotopic (exact) mass is 331 g/mol.